The SMILES string of the molecule is CCc1ccc(C(c2ccccc2)(c2ccccc2)c2ccc(O)c(C(=O)O)c2)cc1. The number of aromatic hydroxyl groups is 1. The maximum absolute atomic E-state index is 11.8. The molecule has 0 saturated carbocycles. The molecule has 0 radical (unpaired) electrons. The number of aryl methyl sites for hydroxylation is 1. The molecule has 0 fully saturated rings. The van der Waals surface area contributed by atoms with Gasteiger partial charge in [-0.1, -0.05) is 97.9 Å². The number of carboxylic acids is 1. The fraction of sp³-hybridized carbons (Fsp3) is 0.107. The number of rotatable bonds is 6. The van der Waals surface area contributed by atoms with Crippen LogP contribution in [-0.2, 0) is 11.8 Å². The van der Waals surface area contributed by atoms with Gasteiger partial charge in [-0.15, -0.1) is 0 Å². The van der Waals surface area contributed by atoms with Crippen LogP contribution in [0, 0.1) is 0 Å². The molecule has 0 atom stereocenters. The van der Waals surface area contributed by atoms with Gasteiger partial charge in [-0.3, -0.25) is 0 Å². The third kappa shape index (κ3) is 3.59. The van der Waals surface area contributed by atoms with Gasteiger partial charge in [0, 0.05) is 0 Å². The number of phenols is 1. The summed E-state index contributed by atoms with van der Waals surface area (Å²) in [4.78, 5) is 11.8. The summed E-state index contributed by atoms with van der Waals surface area (Å²) in [6, 6.07) is 33.5. The van der Waals surface area contributed by atoms with Gasteiger partial charge < -0.3 is 10.2 Å². The van der Waals surface area contributed by atoms with E-state index >= 15 is 0 Å². The Hall–Kier alpha value is -3.85. The first-order chi connectivity index (χ1) is 15.1. The Balaban J connectivity index is 2.13. The molecular formula is C28H24O3. The summed E-state index contributed by atoms with van der Waals surface area (Å²) in [5, 5.41) is 19.8. The smallest absolute Gasteiger partial charge is 0.339 e. The van der Waals surface area contributed by atoms with Crippen LogP contribution in [0.15, 0.2) is 103 Å². The first-order valence-electron chi connectivity index (χ1n) is 10.3. The standard InChI is InChI=1S/C28H24O3/c1-2-20-13-15-23(16-14-20)28(21-9-5-3-6-10-21,22-11-7-4-8-12-22)24-17-18-26(29)25(19-24)27(30)31/h3-19,29H,2H2,1H3,(H,30,31). The summed E-state index contributed by atoms with van der Waals surface area (Å²) in [5.41, 5.74) is 4.23. The van der Waals surface area contributed by atoms with E-state index in [1.165, 1.54) is 11.6 Å². The highest BCUT2D eigenvalue weighted by Crippen LogP contribution is 2.46. The van der Waals surface area contributed by atoms with Gasteiger partial charge in [-0.2, -0.15) is 0 Å². The third-order valence-electron chi connectivity index (χ3n) is 5.87. The lowest BCUT2D eigenvalue weighted by atomic mass is 9.65. The lowest BCUT2D eigenvalue weighted by molar-refractivity contribution is 0.0693. The van der Waals surface area contributed by atoms with Crippen molar-refractivity contribution < 1.29 is 15.0 Å². The van der Waals surface area contributed by atoms with Crippen LogP contribution < -0.4 is 0 Å². The van der Waals surface area contributed by atoms with Gasteiger partial charge in [-0.05, 0) is 46.4 Å². The molecule has 0 unspecified atom stereocenters. The monoisotopic (exact) mass is 408 g/mol. The molecule has 4 aromatic carbocycles. The highest BCUT2D eigenvalue weighted by molar-refractivity contribution is 5.91. The first-order valence-corrected chi connectivity index (χ1v) is 10.3. The predicted octanol–water partition coefficient (Wildman–Crippen LogP) is 6.04. The number of carboxylic acid groups (broad SMARTS) is 1. The van der Waals surface area contributed by atoms with Gasteiger partial charge in [0.2, 0.25) is 0 Å². The molecule has 0 aliphatic heterocycles. The van der Waals surface area contributed by atoms with Crippen LogP contribution in [-0.4, -0.2) is 16.2 Å². The summed E-state index contributed by atoms with van der Waals surface area (Å²) in [6.07, 6.45) is 0.937. The highest BCUT2D eigenvalue weighted by atomic mass is 16.4. The molecule has 3 nitrogen and oxygen atoms in total. The Morgan fingerprint density at radius 3 is 1.68 bits per heavy atom. The molecule has 31 heavy (non-hydrogen) atoms. The fourth-order valence-electron chi connectivity index (χ4n) is 4.31. The van der Waals surface area contributed by atoms with Gasteiger partial charge in [0.25, 0.3) is 0 Å². The minimum Gasteiger partial charge on any atom is -0.507 e. The number of hydrogen-bond donors (Lipinski definition) is 2. The zero-order valence-corrected chi connectivity index (χ0v) is 17.3. The van der Waals surface area contributed by atoms with Crippen molar-refractivity contribution in [3.8, 4) is 5.75 Å². The molecule has 3 heteroatoms. The Labute approximate surface area is 182 Å². The normalized spacial score (nSPS) is 11.3. The van der Waals surface area contributed by atoms with Crippen LogP contribution in [0.2, 0.25) is 0 Å². The van der Waals surface area contributed by atoms with Crippen LogP contribution in [0.5, 0.6) is 5.75 Å². The molecule has 0 amide bonds. The molecule has 0 aliphatic rings. The first kappa shape index (κ1) is 20.4. The van der Waals surface area contributed by atoms with E-state index in [0.717, 1.165) is 28.7 Å². The minimum atomic E-state index is -1.16. The number of aromatic carboxylic acids is 1. The van der Waals surface area contributed by atoms with Gasteiger partial charge in [-0.25, -0.2) is 4.79 Å². The van der Waals surface area contributed by atoms with Crippen LogP contribution in [0.3, 0.4) is 0 Å². The predicted molar refractivity (Wildman–Crippen MR) is 123 cm³/mol. The molecule has 0 bridgehead atoms. The van der Waals surface area contributed by atoms with E-state index in [1.807, 2.05) is 42.5 Å². The summed E-state index contributed by atoms with van der Waals surface area (Å²) in [5.74, 6) is -1.40. The maximum Gasteiger partial charge on any atom is 0.339 e. The van der Waals surface area contributed by atoms with E-state index in [1.54, 1.807) is 6.07 Å². The quantitative estimate of drug-likeness (QED) is 0.383. The van der Waals surface area contributed by atoms with Crippen molar-refractivity contribution in [3.05, 3.63) is 137 Å². The Bertz CT molecular complexity index is 1140. The van der Waals surface area contributed by atoms with Crippen LogP contribution >= 0.6 is 0 Å². The van der Waals surface area contributed by atoms with Crippen molar-refractivity contribution in [1.29, 1.82) is 0 Å². The number of hydrogen-bond acceptors (Lipinski definition) is 2. The second-order valence-electron chi connectivity index (χ2n) is 7.57. The summed E-state index contributed by atoms with van der Waals surface area (Å²) in [7, 11) is 0. The lowest BCUT2D eigenvalue weighted by Crippen LogP contribution is -2.31. The fourth-order valence-corrected chi connectivity index (χ4v) is 4.31. The average Bonchev–Trinajstić information content (AvgIpc) is 2.82. The van der Waals surface area contributed by atoms with Crippen LogP contribution in [0.1, 0.15) is 45.1 Å². The summed E-state index contributed by atoms with van der Waals surface area (Å²) in [6.45, 7) is 2.12. The molecule has 154 valence electrons. The third-order valence-corrected chi connectivity index (χ3v) is 5.87. The second kappa shape index (κ2) is 8.49. The molecule has 2 N–H and O–H groups in total. The largest absolute Gasteiger partial charge is 0.507 e. The van der Waals surface area contributed by atoms with Crippen molar-refractivity contribution in [3.63, 3.8) is 0 Å². The molecule has 0 saturated heterocycles. The van der Waals surface area contributed by atoms with Crippen molar-refractivity contribution in [2.45, 2.75) is 18.8 Å². The minimum absolute atomic E-state index is 0.112. The van der Waals surface area contributed by atoms with Gasteiger partial charge in [0.05, 0.1) is 5.41 Å². The van der Waals surface area contributed by atoms with Crippen molar-refractivity contribution in [1.82, 2.24) is 0 Å². The van der Waals surface area contributed by atoms with E-state index in [9.17, 15) is 15.0 Å². The second-order valence-corrected chi connectivity index (χ2v) is 7.57. The van der Waals surface area contributed by atoms with E-state index in [4.69, 9.17) is 0 Å². The van der Waals surface area contributed by atoms with Crippen molar-refractivity contribution >= 4 is 5.97 Å². The maximum atomic E-state index is 11.8. The molecule has 0 aromatic heterocycles. The zero-order chi connectivity index (χ0) is 21.8. The molecule has 4 rings (SSSR count). The molecule has 0 spiro atoms. The molecule has 4 aromatic rings. The number of carbonyl (C=O) groups is 1. The Kier molecular flexibility index (Phi) is 5.59. The zero-order valence-electron chi connectivity index (χ0n) is 17.3. The van der Waals surface area contributed by atoms with E-state index in [-0.39, 0.29) is 11.3 Å². The highest BCUT2D eigenvalue weighted by Gasteiger charge is 2.39. The van der Waals surface area contributed by atoms with Crippen LogP contribution in [0.25, 0.3) is 0 Å². The summed E-state index contributed by atoms with van der Waals surface area (Å²) >= 11 is 0. The van der Waals surface area contributed by atoms with E-state index < -0.39 is 11.4 Å². The topological polar surface area (TPSA) is 57.5 Å². The van der Waals surface area contributed by atoms with Gasteiger partial charge >= 0.3 is 5.97 Å². The van der Waals surface area contributed by atoms with Crippen LogP contribution in [0.4, 0.5) is 0 Å². The van der Waals surface area contributed by atoms with Crippen molar-refractivity contribution in [2.75, 3.05) is 0 Å². The molecular weight excluding hydrogens is 384 g/mol. The Morgan fingerprint density at radius 1 is 0.710 bits per heavy atom. The summed E-state index contributed by atoms with van der Waals surface area (Å²) < 4.78 is 0. The molecule has 0 aliphatic carbocycles. The van der Waals surface area contributed by atoms with E-state index in [0.29, 0.717) is 0 Å². The van der Waals surface area contributed by atoms with Gasteiger partial charge in [0.1, 0.15) is 11.3 Å². The lowest BCUT2D eigenvalue weighted by Gasteiger charge is -2.37. The van der Waals surface area contributed by atoms with Gasteiger partial charge in [0.15, 0.2) is 0 Å². The average molecular weight is 408 g/mol. The molecule has 0 heterocycles. The Morgan fingerprint density at radius 2 is 1.19 bits per heavy atom. The van der Waals surface area contributed by atoms with Crippen molar-refractivity contribution in [2.24, 2.45) is 0 Å². The number of benzene rings is 4. The van der Waals surface area contributed by atoms with E-state index in [2.05, 4.69) is 55.5 Å².